The Kier molecular flexibility index (Phi) is 4.69. The number of hydrogen-bond donors (Lipinski definition) is 1. The highest BCUT2D eigenvalue weighted by molar-refractivity contribution is 6.33. The van der Waals surface area contributed by atoms with Crippen LogP contribution in [-0.4, -0.2) is 26.6 Å². The number of fused-ring (bicyclic) bond motifs is 1. The first kappa shape index (κ1) is 18.9. The molecule has 1 amide bonds. The highest BCUT2D eigenvalue weighted by Gasteiger charge is 2.34. The van der Waals surface area contributed by atoms with Gasteiger partial charge in [0.05, 0.1) is 21.9 Å². The lowest BCUT2D eigenvalue weighted by Crippen LogP contribution is -2.30. The number of rotatable bonds is 3. The van der Waals surface area contributed by atoms with Gasteiger partial charge in [-0.3, -0.25) is 25.0 Å². The number of hydrogen-bond acceptors (Lipinski definition) is 6. The Morgan fingerprint density at radius 3 is 2.63 bits per heavy atom. The van der Waals surface area contributed by atoms with Crippen molar-refractivity contribution in [3.63, 3.8) is 0 Å². The summed E-state index contributed by atoms with van der Waals surface area (Å²) in [5, 5.41) is 13.2. The molecular formula is C18H17ClN4O4. The summed E-state index contributed by atoms with van der Waals surface area (Å²) in [6, 6.07) is 3.68. The molecule has 0 radical (unpaired) electrons. The van der Waals surface area contributed by atoms with Gasteiger partial charge in [-0.2, -0.15) is 0 Å². The normalized spacial score (nSPS) is 15.2. The molecule has 9 heteroatoms. The minimum atomic E-state index is -0.626. The number of Topliss-reactive ketones (excluding diaryl/α,β-unsaturated/α-hetero) is 1. The van der Waals surface area contributed by atoms with Gasteiger partial charge in [0.25, 0.3) is 11.6 Å². The van der Waals surface area contributed by atoms with Gasteiger partial charge in [-0.1, -0.05) is 25.4 Å². The molecule has 1 N–H and O–H groups in total. The van der Waals surface area contributed by atoms with Crippen molar-refractivity contribution in [2.45, 2.75) is 33.6 Å². The zero-order chi connectivity index (χ0) is 19.9. The van der Waals surface area contributed by atoms with E-state index in [4.69, 9.17) is 11.6 Å². The molecule has 1 aromatic heterocycles. The minimum absolute atomic E-state index is 0.00113. The number of aryl methyl sites for hydroxylation is 1. The third-order valence-electron chi connectivity index (χ3n) is 4.36. The molecule has 140 valence electrons. The van der Waals surface area contributed by atoms with Crippen LogP contribution in [0.2, 0.25) is 5.02 Å². The first-order valence-corrected chi connectivity index (χ1v) is 8.61. The largest absolute Gasteiger partial charge is 0.294 e. The van der Waals surface area contributed by atoms with Gasteiger partial charge in [0.2, 0.25) is 5.95 Å². The van der Waals surface area contributed by atoms with Crippen LogP contribution < -0.4 is 5.32 Å². The Bertz CT molecular complexity index is 988. The van der Waals surface area contributed by atoms with E-state index < -0.39 is 10.8 Å². The van der Waals surface area contributed by atoms with E-state index in [-0.39, 0.29) is 33.4 Å². The van der Waals surface area contributed by atoms with E-state index in [9.17, 15) is 19.7 Å². The van der Waals surface area contributed by atoms with Crippen LogP contribution in [0.5, 0.6) is 0 Å². The number of nitro benzene ring substituents is 1. The molecule has 1 aliphatic carbocycles. The lowest BCUT2D eigenvalue weighted by Gasteiger charge is -2.30. The molecule has 0 fully saturated rings. The van der Waals surface area contributed by atoms with E-state index in [0.29, 0.717) is 29.8 Å². The second-order valence-electron chi connectivity index (χ2n) is 7.27. The second kappa shape index (κ2) is 6.70. The molecule has 3 rings (SSSR count). The highest BCUT2D eigenvalue weighted by atomic mass is 35.5. The highest BCUT2D eigenvalue weighted by Crippen LogP contribution is 2.35. The van der Waals surface area contributed by atoms with Crippen LogP contribution in [0, 0.1) is 22.5 Å². The molecule has 0 aliphatic heterocycles. The number of anilines is 1. The third kappa shape index (κ3) is 3.80. The van der Waals surface area contributed by atoms with Gasteiger partial charge in [-0.05, 0) is 30.9 Å². The van der Waals surface area contributed by atoms with E-state index in [1.807, 2.05) is 13.8 Å². The Labute approximate surface area is 160 Å². The summed E-state index contributed by atoms with van der Waals surface area (Å²) in [6.45, 7) is 5.68. The average molecular weight is 389 g/mol. The fraction of sp³-hybridized carbons (Fsp3) is 0.333. The summed E-state index contributed by atoms with van der Waals surface area (Å²) in [4.78, 5) is 43.6. The van der Waals surface area contributed by atoms with Crippen molar-refractivity contribution in [2.75, 3.05) is 5.32 Å². The van der Waals surface area contributed by atoms with Gasteiger partial charge < -0.3 is 0 Å². The number of carbonyl (C=O) groups is 2. The van der Waals surface area contributed by atoms with Crippen molar-refractivity contribution in [3.8, 4) is 0 Å². The summed E-state index contributed by atoms with van der Waals surface area (Å²) >= 11 is 5.85. The quantitative estimate of drug-likeness (QED) is 0.632. The minimum Gasteiger partial charge on any atom is -0.294 e. The molecule has 27 heavy (non-hydrogen) atoms. The number of carbonyl (C=O) groups excluding carboxylic acids is 2. The van der Waals surface area contributed by atoms with E-state index in [1.54, 1.807) is 6.92 Å². The van der Waals surface area contributed by atoms with Crippen molar-refractivity contribution in [1.82, 2.24) is 9.97 Å². The van der Waals surface area contributed by atoms with Crippen LogP contribution in [0.3, 0.4) is 0 Å². The van der Waals surface area contributed by atoms with Crippen molar-refractivity contribution in [2.24, 2.45) is 5.41 Å². The number of aromatic nitrogens is 2. The Morgan fingerprint density at radius 2 is 2.00 bits per heavy atom. The van der Waals surface area contributed by atoms with Gasteiger partial charge in [0, 0.05) is 18.1 Å². The third-order valence-corrected chi connectivity index (χ3v) is 4.66. The molecular weight excluding hydrogens is 372 g/mol. The number of nitrogens with zero attached hydrogens (tertiary/aromatic N) is 3. The van der Waals surface area contributed by atoms with Crippen LogP contribution in [0.15, 0.2) is 18.2 Å². The van der Waals surface area contributed by atoms with Crippen molar-refractivity contribution < 1.29 is 14.5 Å². The van der Waals surface area contributed by atoms with Gasteiger partial charge in [-0.15, -0.1) is 0 Å². The number of benzene rings is 1. The van der Waals surface area contributed by atoms with Crippen molar-refractivity contribution in [1.29, 1.82) is 0 Å². The molecule has 0 atom stereocenters. The van der Waals surface area contributed by atoms with Crippen LogP contribution in [0.25, 0.3) is 0 Å². The first-order chi connectivity index (χ1) is 12.6. The molecule has 2 aromatic rings. The molecule has 0 saturated heterocycles. The van der Waals surface area contributed by atoms with E-state index in [0.717, 1.165) is 6.07 Å². The molecule has 0 spiro atoms. The maximum Gasteiger partial charge on any atom is 0.287 e. The number of nitrogens with one attached hydrogen (secondary N) is 1. The van der Waals surface area contributed by atoms with Crippen LogP contribution in [0.4, 0.5) is 11.6 Å². The molecule has 0 unspecified atom stereocenters. The molecule has 1 aromatic carbocycles. The van der Waals surface area contributed by atoms with Crippen LogP contribution >= 0.6 is 11.6 Å². The summed E-state index contributed by atoms with van der Waals surface area (Å²) in [5.41, 5.74) is 1.29. The number of ketones is 1. The van der Waals surface area contributed by atoms with Gasteiger partial charge in [-0.25, -0.2) is 9.97 Å². The monoisotopic (exact) mass is 388 g/mol. The average Bonchev–Trinajstić information content (AvgIpc) is 2.52. The molecule has 0 saturated carbocycles. The molecule has 8 nitrogen and oxygen atoms in total. The number of amides is 1. The Morgan fingerprint density at radius 1 is 1.30 bits per heavy atom. The summed E-state index contributed by atoms with van der Waals surface area (Å²) in [5.74, 6) is -0.470. The van der Waals surface area contributed by atoms with Crippen molar-refractivity contribution in [3.05, 3.63) is 55.9 Å². The van der Waals surface area contributed by atoms with Gasteiger partial charge in [0.15, 0.2) is 5.78 Å². The van der Waals surface area contributed by atoms with Gasteiger partial charge in [0.1, 0.15) is 5.02 Å². The molecule has 1 aliphatic rings. The summed E-state index contributed by atoms with van der Waals surface area (Å²) in [6.07, 6.45) is 1.03. The second-order valence-corrected chi connectivity index (χ2v) is 7.68. The standard InChI is InChI=1S/C18H17ClN4O4/c1-9-15-12(7-18(2,3)8-14(15)24)21-17(20-9)22-16(25)10-4-5-13(23(26)27)11(19)6-10/h4-6H,7-8H2,1-3H3,(H,20,21,22,25). The Balaban J connectivity index is 1.89. The number of nitro groups is 1. The van der Waals surface area contributed by atoms with Crippen molar-refractivity contribution >= 4 is 34.9 Å². The fourth-order valence-corrected chi connectivity index (χ4v) is 3.44. The van der Waals surface area contributed by atoms with Gasteiger partial charge >= 0.3 is 0 Å². The zero-order valence-electron chi connectivity index (χ0n) is 15.0. The lowest BCUT2D eigenvalue weighted by atomic mass is 9.75. The SMILES string of the molecule is Cc1nc(NC(=O)c2ccc([N+](=O)[O-])c(Cl)c2)nc2c1C(=O)CC(C)(C)C2. The Hall–Kier alpha value is -2.87. The fourth-order valence-electron chi connectivity index (χ4n) is 3.19. The molecule has 1 heterocycles. The topological polar surface area (TPSA) is 115 Å². The van der Waals surface area contributed by atoms with E-state index in [2.05, 4.69) is 15.3 Å². The maximum absolute atomic E-state index is 12.4. The predicted molar refractivity (Wildman–Crippen MR) is 99.3 cm³/mol. The molecule has 0 bridgehead atoms. The van der Waals surface area contributed by atoms with E-state index >= 15 is 0 Å². The summed E-state index contributed by atoms with van der Waals surface area (Å²) < 4.78 is 0. The summed E-state index contributed by atoms with van der Waals surface area (Å²) in [7, 11) is 0. The smallest absolute Gasteiger partial charge is 0.287 e. The van der Waals surface area contributed by atoms with Crippen LogP contribution in [-0.2, 0) is 6.42 Å². The predicted octanol–water partition coefficient (Wildman–Crippen LogP) is 3.75. The van der Waals surface area contributed by atoms with Crippen LogP contribution in [0.1, 0.15) is 52.4 Å². The first-order valence-electron chi connectivity index (χ1n) is 8.23. The zero-order valence-corrected chi connectivity index (χ0v) is 15.8. The lowest BCUT2D eigenvalue weighted by molar-refractivity contribution is -0.384. The van der Waals surface area contributed by atoms with E-state index in [1.165, 1.54) is 12.1 Å². The number of halogens is 1. The maximum atomic E-state index is 12.4.